The monoisotopic (exact) mass is 359 g/mol. The largest absolute Gasteiger partial charge is 0.483 e. The molecule has 0 bridgehead atoms. The molecule has 0 aliphatic carbocycles. The second-order valence-corrected chi connectivity index (χ2v) is 4.38. The number of hydrogen-bond donors (Lipinski definition) is 2. The van der Waals surface area contributed by atoms with E-state index in [9.17, 15) is 9.59 Å². The maximum atomic E-state index is 11.3. The third-order valence-corrected chi connectivity index (χ3v) is 2.82. The molecular weight excluding hydrogens is 349 g/mol. The topological polar surface area (TPSA) is 75.6 Å². The van der Waals surface area contributed by atoms with Crippen molar-refractivity contribution in [2.75, 3.05) is 13.2 Å². The van der Waals surface area contributed by atoms with Gasteiger partial charge in [-0.2, -0.15) is 0 Å². The molecule has 1 aromatic rings. The summed E-state index contributed by atoms with van der Waals surface area (Å²) in [5.74, 6) is 1.21. The molecule has 0 aromatic heterocycles. The van der Waals surface area contributed by atoms with E-state index in [1.807, 2.05) is 22.6 Å². The van der Waals surface area contributed by atoms with Gasteiger partial charge in [-0.15, -0.1) is 6.42 Å². The fourth-order valence-corrected chi connectivity index (χ4v) is 1.58. The molecule has 2 N–H and O–H groups in total. The van der Waals surface area contributed by atoms with Crippen LogP contribution in [0, 0.1) is 15.9 Å². The van der Waals surface area contributed by atoms with Crippen molar-refractivity contribution >= 4 is 34.5 Å². The standard InChI is InChI=1S/C12H10INO4/c1-2-5-14-11(15)7-18-10-6-8(12(16)17)3-4-9(10)13/h1,3-4,6H,5,7H2,(H,14,15)(H,16,17). The van der Waals surface area contributed by atoms with Crippen molar-refractivity contribution in [2.45, 2.75) is 0 Å². The summed E-state index contributed by atoms with van der Waals surface area (Å²) >= 11 is 1.99. The van der Waals surface area contributed by atoms with Gasteiger partial charge in [0.25, 0.3) is 5.91 Å². The highest BCUT2D eigenvalue weighted by Gasteiger charge is 2.09. The van der Waals surface area contributed by atoms with Crippen LogP contribution in [0.15, 0.2) is 18.2 Å². The van der Waals surface area contributed by atoms with Gasteiger partial charge in [-0.05, 0) is 40.8 Å². The number of halogens is 1. The molecule has 94 valence electrons. The first-order valence-electron chi connectivity index (χ1n) is 4.90. The highest BCUT2D eigenvalue weighted by molar-refractivity contribution is 14.1. The zero-order valence-corrected chi connectivity index (χ0v) is 11.4. The number of aromatic carboxylic acids is 1. The Morgan fingerprint density at radius 1 is 1.50 bits per heavy atom. The lowest BCUT2D eigenvalue weighted by Gasteiger charge is -2.08. The quantitative estimate of drug-likeness (QED) is 0.610. The minimum absolute atomic E-state index is 0.106. The molecule has 0 saturated carbocycles. The summed E-state index contributed by atoms with van der Waals surface area (Å²) in [4.78, 5) is 22.0. The number of carboxylic acid groups (broad SMARTS) is 1. The molecule has 1 amide bonds. The first-order chi connectivity index (χ1) is 8.54. The third-order valence-electron chi connectivity index (χ3n) is 1.92. The number of rotatable bonds is 5. The minimum atomic E-state index is -1.05. The van der Waals surface area contributed by atoms with Crippen molar-refractivity contribution in [3.05, 3.63) is 27.3 Å². The summed E-state index contributed by atoms with van der Waals surface area (Å²) in [5, 5.41) is 11.3. The fraction of sp³-hybridized carbons (Fsp3) is 0.167. The van der Waals surface area contributed by atoms with Gasteiger partial charge in [0.1, 0.15) is 5.75 Å². The van der Waals surface area contributed by atoms with Gasteiger partial charge in [-0.1, -0.05) is 5.92 Å². The molecule has 0 atom stereocenters. The predicted octanol–water partition coefficient (Wildman–Crippen LogP) is 1.12. The van der Waals surface area contributed by atoms with Gasteiger partial charge in [0.15, 0.2) is 6.61 Å². The van der Waals surface area contributed by atoms with E-state index in [0.717, 1.165) is 3.57 Å². The highest BCUT2D eigenvalue weighted by atomic mass is 127. The van der Waals surface area contributed by atoms with Gasteiger partial charge in [-0.25, -0.2) is 4.79 Å². The summed E-state index contributed by atoms with van der Waals surface area (Å²) in [6.07, 6.45) is 4.99. The highest BCUT2D eigenvalue weighted by Crippen LogP contribution is 2.22. The maximum absolute atomic E-state index is 11.3. The number of ether oxygens (including phenoxy) is 1. The van der Waals surface area contributed by atoms with E-state index in [-0.39, 0.29) is 24.6 Å². The lowest BCUT2D eigenvalue weighted by molar-refractivity contribution is -0.122. The number of benzene rings is 1. The van der Waals surface area contributed by atoms with Gasteiger partial charge in [-0.3, -0.25) is 4.79 Å². The molecule has 0 spiro atoms. The number of carboxylic acids is 1. The lowest BCUT2D eigenvalue weighted by atomic mass is 10.2. The van der Waals surface area contributed by atoms with Crippen LogP contribution in [0.5, 0.6) is 5.75 Å². The van der Waals surface area contributed by atoms with Crippen LogP contribution in [-0.4, -0.2) is 30.1 Å². The Balaban J connectivity index is 2.67. The van der Waals surface area contributed by atoms with Crippen molar-refractivity contribution in [2.24, 2.45) is 0 Å². The Morgan fingerprint density at radius 3 is 2.83 bits per heavy atom. The Labute approximate surface area is 118 Å². The van der Waals surface area contributed by atoms with Crippen LogP contribution in [0.3, 0.4) is 0 Å². The van der Waals surface area contributed by atoms with Crippen LogP contribution < -0.4 is 10.1 Å². The summed E-state index contributed by atoms with van der Waals surface area (Å²) in [5.41, 5.74) is 0.106. The van der Waals surface area contributed by atoms with E-state index in [1.54, 1.807) is 6.07 Å². The lowest BCUT2D eigenvalue weighted by Crippen LogP contribution is -2.29. The number of carbonyl (C=O) groups excluding carboxylic acids is 1. The number of hydrogen-bond acceptors (Lipinski definition) is 3. The molecule has 0 heterocycles. The van der Waals surface area contributed by atoms with Crippen molar-refractivity contribution in [1.29, 1.82) is 0 Å². The third kappa shape index (κ3) is 4.25. The zero-order chi connectivity index (χ0) is 13.5. The predicted molar refractivity (Wildman–Crippen MR) is 73.5 cm³/mol. The molecule has 0 aliphatic rings. The van der Waals surface area contributed by atoms with Crippen molar-refractivity contribution in [1.82, 2.24) is 5.32 Å². The summed E-state index contributed by atoms with van der Waals surface area (Å²) in [6, 6.07) is 4.45. The van der Waals surface area contributed by atoms with E-state index in [2.05, 4.69) is 11.2 Å². The molecule has 1 aromatic carbocycles. The first kappa shape index (κ1) is 14.3. The summed E-state index contributed by atoms with van der Waals surface area (Å²) in [7, 11) is 0. The van der Waals surface area contributed by atoms with Gasteiger partial charge in [0, 0.05) is 0 Å². The Bertz CT molecular complexity index is 507. The average Bonchev–Trinajstić information content (AvgIpc) is 2.35. The smallest absolute Gasteiger partial charge is 0.335 e. The van der Waals surface area contributed by atoms with Crippen LogP contribution in [-0.2, 0) is 4.79 Å². The van der Waals surface area contributed by atoms with E-state index >= 15 is 0 Å². The van der Waals surface area contributed by atoms with E-state index in [1.165, 1.54) is 12.1 Å². The van der Waals surface area contributed by atoms with Gasteiger partial charge in [0.05, 0.1) is 15.7 Å². The van der Waals surface area contributed by atoms with E-state index < -0.39 is 5.97 Å². The fourth-order valence-electron chi connectivity index (χ4n) is 1.09. The van der Waals surface area contributed by atoms with Crippen LogP contribution >= 0.6 is 22.6 Å². The van der Waals surface area contributed by atoms with Crippen molar-refractivity contribution in [3.8, 4) is 18.1 Å². The van der Waals surface area contributed by atoms with E-state index in [4.69, 9.17) is 16.3 Å². The molecule has 0 fully saturated rings. The van der Waals surface area contributed by atoms with Gasteiger partial charge < -0.3 is 15.2 Å². The summed E-state index contributed by atoms with van der Waals surface area (Å²) < 4.78 is 5.96. The van der Waals surface area contributed by atoms with Gasteiger partial charge >= 0.3 is 5.97 Å². The molecule has 0 saturated heterocycles. The van der Waals surface area contributed by atoms with Crippen LogP contribution in [0.1, 0.15) is 10.4 Å². The zero-order valence-electron chi connectivity index (χ0n) is 9.27. The molecule has 5 nitrogen and oxygen atoms in total. The molecular formula is C12H10INO4. The first-order valence-corrected chi connectivity index (χ1v) is 5.98. The number of amides is 1. The average molecular weight is 359 g/mol. The SMILES string of the molecule is C#CCNC(=O)COc1cc(C(=O)O)ccc1I. The normalized spacial score (nSPS) is 9.33. The van der Waals surface area contributed by atoms with E-state index in [0.29, 0.717) is 5.75 Å². The van der Waals surface area contributed by atoms with Crippen molar-refractivity contribution in [3.63, 3.8) is 0 Å². The Hall–Kier alpha value is -1.75. The molecule has 18 heavy (non-hydrogen) atoms. The minimum Gasteiger partial charge on any atom is -0.483 e. The molecule has 6 heteroatoms. The number of nitrogens with one attached hydrogen (secondary N) is 1. The van der Waals surface area contributed by atoms with Gasteiger partial charge in [0.2, 0.25) is 0 Å². The Kier molecular flexibility index (Phi) is 5.45. The second-order valence-electron chi connectivity index (χ2n) is 3.22. The number of carbonyl (C=O) groups is 2. The maximum Gasteiger partial charge on any atom is 0.335 e. The van der Waals surface area contributed by atoms with Crippen molar-refractivity contribution < 1.29 is 19.4 Å². The second kappa shape index (κ2) is 6.86. The molecule has 1 rings (SSSR count). The molecule has 0 aliphatic heterocycles. The van der Waals surface area contributed by atoms with Crippen LogP contribution in [0.4, 0.5) is 0 Å². The Morgan fingerprint density at radius 2 is 2.22 bits per heavy atom. The molecule has 0 unspecified atom stereocenters. The summed E-state index contributed by atoms with van der Waals surface area (Å²) in [6.45, 7) is -0.0742. The van der Waals surface area contributed by atoms with Crippen LogP contribution in [0.25, 0.3) is 0 Å². The molecule has 0 radical (unpaired) electrons. The van der Waals surface area contributed by atoms with Crippen LogP contribution in [0.2, 0.25) is 0 Å². The number of terminal acetylenes is 1.